The Morgan fingerprint density at radius 2 is 1.77 bits per heavy atom. The molecule has 1 aliphatic rings. The summed E-state index contributed by atoms with van der Waals surface area (Å²) in [7, 11) is 0. The van der Waals surface area contributed by atoms with E-state index >= 15 is 0 Å². The predicted molar refractivity (Wildman–Crippen MR) is 97.1 cm³/mol. The van der Waals surface area contributed by atoms with E-state index < -0.39 is 0 Å². The van der Waals surface area contributed by atoms with Gasteiger partial charge in [-0.3, -0.25) is 4.99 Å². The Morgan fingerprint density at radius 3 is 2.59 bits per heavy atom. The molecule has 1 aliphatic heterocycles. The van der Waals surface area contributed by atoms with E-state index in [1.807, 2.05) is 60.5 Å². The molecule has 0 saturated carbocycles. The lowest BCUT2D eigenvalue weighted by Crippen LogP contribution is -2.16. The molecule has 110 valence electrons. The Bertz CT molecular complexity index is 717. The summed E-state index contributed by atoms with van der Waals surface area (Å²) >= 11 is 1.81. The SMILES string of the molecule is CCN1C(=CC=CC=Nc2ccccc2)Sc2ccccc21. The number of hydrogen-bond donors (Lipinski definition) is 0. The van der Waals surface area contributed by atoms with Crippen LogP contribution in [0.4, 0.5) is 11.4 Å². The van der Waals surface area contributed by atoms with E-state index in [0.717, 1.165) is 12.2 Å². The average Bonchev–Trinajstić information content (AvgIpc) is 2.93. The fraction of sp³-hybridized carbons (Fsp3) is 0.105. The zero-order valence-corrected chi connectivity index (χ0v) is 13.3. The third kappa shape index (κ3) is 3.31. The maximum Gasteiger partial charge on any atom is 0.0801 e. The van der Waals surface area contributed by atoms with Crippen molar-refractivity contribution in [2.75, 3.05) is 11.4 Å². The van der Waals surface area contributed by atoms with E-state index in [4.69, 9.17) is 0 Å². The Hall–Kier alpha value is -2.26. The highest BCUT2D eigenvalue weighted by atomic mass is 32.2. The van der Waals surface area contributed by atoms with Crippen LogP contribution in [0.15, 0.2) is 87.7 Å². The lowest BCUT2D eigenvalue weighted by molar-refractivity contribution is 1.00. The molecule has 22 heavy (non-hydrogen) atoms. The van der Waals surface area contributed by atoms with Gasteiger partial charge in [-0.15, -0.1) is 0 Å². The van der Waals surface area contributed by atoms with E-state index in [1.165, 1.54) is 15.6 Å². The predicted octanol–water partition coefficient (Wildman–Crippen LogP) is 5.42. The lowest BCUT2D eigenvalue weighted by atomic mass is 10.3. The van der Waals surface area contributed by atoms with Crippen molar-refractivity contribution in [2.24, 2.45) is 4.99 Å². The number of hydrogen-bond acceptors (Lipinski definition) is 3. The van der Waals surface area contributed by atoms with Crippen LogP contribution < -0.4 is 4.90 Å². The second-order valence-corrected chi connectivity index (χ2v) is 5.88. The van der Waals surface area contributed by atoms with Crippen LogP contribution in [-0.4, -0.2) is 12.8 Å². The standard InChI is InChI=1S/C19H18N2S/c1-2-21-17-12-6-7-13-18(17)22-19(21)14-8-9-15-20-16-10-4-3-5-11-16/h3-15H,2H2,1H3. The number of aliphatic imine (C=N–C) groups is 1. The smallest absolute Gasteiger partial charge is 0.0801 e. The number of thioether (sulfide) groups is 1. The molecule has 2 aromatic rings. The fourth-order valence-corrected chi connectivity index (χ4v) is 3.47. The van der Waals surface area contributed by atoms with Gasteiger partial charge in [0.1, 0.15) is 0 Å². The number of anilines is 1. The molecular formula is C19H18N2S. The molecule has 0 radical (unpaired) electrons. The Kier molecular flexibility index (Phi) is 4.76. The van der Waals surface area contributed by atoms with Gasteiger partial charge in [-0.25, -0.2) is 0 Å². The zero-order chi connectivity index (χ0) is 15.2. The first-order valence-electron chi connectivity index (χ1n) is 7.39. The number of rotatable bonds is 4. The van der Waals surface area contributed by atoms with Gasteiger partial charge in [0.05, 0.1) is 16.4 Å². The van der Waals surface area contributed by atoms with Gasteiger partial charge in [-0.2, -0.15) is 0 Å². The van der Waals surface area contributed by atoms with Crippen LogP contribution in [0.1, 0.15) is 6.92 Å². The molecule has 0 atom stereocenters. The van der Waals surface area contributed by atoms with Crippen LogP contribution in [0.25, 0.3) is 0 Å². The minimum Gasteiger partial charge on any atom is -0.335 e. The van der Waals surface area contributed by atoms with Gasteiger partial charge in [0.15, 0.2) is 0 Å². The molecule has 3 rings (SSSR count). The molecule has 1 heterocycles. The van der Waals surface area contributed by atoms with Crippen molar-refractivity contribution in [3.8, 4) is 0 Å². The number of benzene rings is 2. The highest BCUT2D eigenvalue weighted by Crippen LogP contribution is 2.45. The van der Waals surface area contributed by atoms with Crippen LogP contribution in [-0.2, 0) is 0 Å². The molecule has 0 bridgehead atoms. The third-order valence-electron chi connectivity index (χ3n) is 3.37. The number of allylic oxidation sites excluding steroid dienone is 3. The van der Waals surface area contributed by atoms with Crippen molar-refractivity contribution in [3.05, 3.63) is 77.9 Å². The Balaban J connectivity index is 1.69. The molecule has 0 N–H and O–H groups in total. The first-order chi connectivity index (χ1) is 10.9. The molecule has 0 amide bonds. The van der Waals surface area contributed by atoms with E-state index in [1.54, 1.807) is 0 Å². The molecule has 2 aromatic carbocycles. The summed E-state index contributed by atoms with van der Waals surface area (Å²) in [4.78, 5) is 8.04. The van der Waals surface area contributed by atoms with Crippen molar-refractivity contribution < 1.29 is 0 Å². The molecule has 0 spiro atoms. The van der Waals surface area contributed by atoms with Crippen LogP contribution in [0.2, 0.25) is 0 Å². The summed E-state index contributed by atoms with van der Waals surface area (Å²) < 4.78 is 0. The van der Waals surface area contributed by atoms with Gasteiger partial charge in [0.2, 0.25) is 0 Å². The maximum absolute atomic E-state index is 4.39. The average molecular weight is 306 g/mol. The van der Waals surface area contributed by atoms with Gasteiger partial charge in [0.25, 0.3) is 0 Å². The second-order valence-electron chi connectivity index (χ2n) is 4.82. The molecule has 3 heteroatoms. The normalized spacial score (nSPS) is 16.0. The first-order valence-corrected chi connectivity index (χ1v) is 8.20. The van der Waals surface area contributed by atoms with E-state index in [2.05, 4.69) is 47.2 Å². The van der Waals surface area contributed by atoms with Crippen molar-refractivity contribution in [1.82, 2.24) is 0 Å². The minimum absolute atomic E-state index is 0.970. The van der Waals surface area contributed by atoms with Crippen molar-refractivity contribution in [1.29, 1.82) is 0 Å². The van der Waals surface area contributed by atoms with Gasteiger partial charge >= 0.3 is 0 Å². The van der Waals surface area contributed by atoms with Gasteiger partial charge in [-0.05, 0) is 43.3 Å². The van der Waals surface area contributed by atoms with Crippen LogP contribution in [0.5, 0.6) is 0 Å². The molecular weight excluding hydrogens is 288 g/mol. The topological polar surface area (TPSA) is 15.6 Å². The van der Waals surface area contributed by atoms with E-state index in [0.29, 0.717) is 0 Å². The fourth-order valence-electron chi connectivity index (χ4n) is 2.33. The first kappa shape index (κ1) is 14.7. The number of fused-ring (bicyclic) bond motifs is 1. The Labute approximate surface area is 135 Å². The van der Waals surface area contributed by atoms with Gasteiger partial charge in [-0.1, -0.05) is 48.2 Å². The highest BCUT2D eigenvalue weighted by molar-refractivity contribution is 8.03. The largest absolute Gasteiger partial charge is 0.335 e. The number of para-hydroxylation sites is 2. The van der Waals surface area contributed by atoms with Crippen molar-refractivity contribution in [2.45, 2.75) is 11.8 Å². The zero-order valence-electron chi connectivity index (χ0n) is 12.5. The molecule has 0 aromatic heterocycles. The second kappa shape index (κ2) is 7.14. The Morgan fingerprint density at radius 1 is 1.00 bits per heavy atom. The highest BCUT2D eigenvalue weighted by Gasteiger charge is 2.22. The lowest BCUT2D eigenvalue weighted by Gasteiger charge is -2.17. The summed E-state index contributed by atoms with van der Waals surface area (Å²) in [6.07, 6.45) is 7.99. The van der Waals surface area contributed by atoms with Crippen LogP contribution in [0, 0.1) is 0 Å². The summed E-state index contributed by atoms with van der Waals surface area (Å²) in [6, 6.07) is 18.5. The van der Waals surface area contributed by atoms with Crippen molar-refractivity contribution in [3.63, 3.8) is 0 Å². The molecule has 0 fully saturated rings. The van der Waals surface area contributed by atoms with Crippen LogP contribution >= 0.6 is 11.8 Å². The summed E-state index contributed by atoms with van der Waals surface area (Å²) in [5.41, 5.74) is 2.27. The van der Waals surface area contributed by atoms with E-state index in [9.17, 15) is 0 Å². The van der Waals surface area contributed by atoms with Crippen molar-refractivity contribution >= 4 is 29.4 Å². The number of nitrogens with zero attached hydrogens (tertiary/aromatic N) is 2. The van der Waals surface area contributed by atoms with Crippen LogP contribution in [0.3, 0.4) is 0 Å². The summed E-state index contributed by atoms with van der Waals surface area (Å²) in [5, 5.41) is 1.26. The molecule has 0 aliphatic carbocycles. The third-order valence-corrected chi connectivity index (χ3v) is 4.50. The summed E-state index contributed by atoms with van der Waals surface area (Å²) in [6.45, 7) is 3.15. The maximum atomic E-state index is 4.39. The van der Waals surface area contributed by atoms with Gasteiger partial charge < -0.3 is 4.90 Å². The molecule has 2 nitrogen and oxygen atoms in total. The minimum atomic E-state index is 0.970. The monoisotopic (exact) mass is 306 g/mol. The van der Waals surface area contributed by atoms with E-state index in [-0.39, 0.29) is 0 Å². The molecule has 0 saturated heterocycles. The quantitative estimate of drug-likeness (QED) is 0.701. The molecule has 0 unspecified atom stereocenters. The summed E-state index contributed by atoms with van der Waals surface area (Å²) in [5.74, 6) is 0. The van der Waals surface area contributed by atoms with Gasteiger partial charge in [0, 0.05) is 17.7 Å².